The first-order chi connectivity index (χ1) is 8.54. The van der Waals surface area contributed by atoms with Crippen LogP contribution in [0.2, 0.25) is 0 Å². The van der Waals surface area contributed by atoms with Crippen LogP contribution >= 0.6 is 0 Å². The third-order valence-corrected chi connectivity index (χ3v) is 3.02. The Morgan fingerprint density at radius 1 is 1.06 bits per heavy atom. The van der Waals surface area contributed by atoms with Gasteiger partial charge in [0.1, 0.15) is 17.5 Å². The molecule has 0 spiro atoms. The Kier molecular flexibility index (Phi) is 3.28. The van der Waals surface area contributed by atoms with Gasteiger partial charge in [0.2, 0.25) is 0 Å². The molecule has 0 bridgehead atoms. The molecule has 0 saturated heterocycles. The average molecular weight is 245 g/mol. The highest BCUT2D eigenvalue weighted by Crippen LogP contribution is 2.29. The van der Waals surface area contributed by atoms with Gasteiger partial charge in [0.15, 0.2) is 0 Å². The molecule has 0 saturated carbocycles. The molecule has 1 aromatic carbocycles. The fourth-order valence-electron chi connectivity index (χ4n) is 2.00. The summed E-state index contributed by atoms with van der Waals surface area (Å²) in [6, 6.07) is 5.04. The minimum absolute atomic E-state index is 0.214. The summed E-state index contributed by atoms with van der Waals surface area (Å²) >= 11 is 0. The van der Waals surface area contributed by atoms with E-state index in [1.807, 2.05) is 27.0 Å². The van der Waals surface area contributed by atoms with Crippen molar-refractivity contribution in [2.75, 3.05) is 12.4 Å². The smallest absolute Gasteiger partial charge is 0.132 e. The SMILES string of the molecule is CNc1nc(C)nc(-c2cccc(F)c2C)c1C. The van der Waals surface area contributed by atoms with Crippen molar-refractivity contribution in [2.45, 2.75) is 20.8 Å². The van der Waals surface area contributed by atoms with Crippen LogP contribution in [0.25, 0.3) is 11.3 Å². The molecule has 0 amide bonds. The van der Waals surface area contributed by atoms with Gasteiger partial charge in [0.05, 0.1) is 5.69 Å². The highest BCUT2D eigenvalue weighted by atomic mass is 19.1. The van der Waals surface area contributed by atoms with Crippen molar-refractivity contribution >= 4 is 5.82 Å². The van der Waals surface area contributed by atoms with E-state index in [1.54, 1.807) is 13.0 Å². The predicted molar refractivity (Wildman–Crippen MR) is 71.2 cm³/mol. The lowest BCUT2D eigenvalue weighted by Gasteiger charge is -2.13. The van der Waals surface area contributed by atoms with Gasteiger partial charge in [-0.15, -0.1) is 0 Å². The Hall–Kier alpha value is -1.97. The summed E-state index contributed by atoms with van der Waals surface area (Å²) in [6.07, 6.45) is 0. The van der Waals surface area contributed by atoms with Crippen LogP contribution in [0, 0.1) is 26.6 Å². The molecule has 1 N–H and O–H groups in total. The van der Waals surface area contributed by atoms with Crippen molar-refractivity contribution in [3.63, 3.8) is 0 Å². The third kappa shape index (κ3) is 2.06. The van der Waals surface area contributed by atoms with E-state index in [0.29, 0.717) is 11.4 Å². The van der Waals surface area contributed by atoms with Crippen LogP contribution < -0.4 is 5.32 Å². The average Bonchev–Trinajstić information content (AvgIpc) is 2.35. The van der Waals surface area contributed by atoms with Crippen molar-refractivity contribution in [3.05, 3.63) is 41.0 Å². The Balaban J connectivity index is 2.71. The molecule has 0 aliphatic heterocycles. The lowest BCUT2D eigenvalue weighted by Crippen LogP contribution is -2.03. The first-order valence-electron chi connectivity index (χ1n) is 5.83. The second-order valence-corrected chi connectivity index (χ2v) is 4.26. The van der Waals surface area contributed by atoms with Gasteiger partial charge in [-0.05, 0) is 32.4 Å². The fraction of sp³-hybridized carbons (Fsp3) is 0.286. The van der Waals surface area contributed by atoms with E-state index in [9.17, 15) is 4.39 Å². The van der Waals surface area contributed by atoms with E-state index in [1.165, 1.54) is 6.07 Å². The highest BCUT2D eigenvalue weighted by Gasteiger charge is 2.13. The first kappa shape index (κ1) is 12.5. The van der Waals surface area contributed by atoms with Gasteiger partial charge in [0.25, 0.3) is 0 Å². The standard InChI is InChI=1S/C14H16FN3/c1-8-11(6-5-7-12(8)15)13-9(2)14(16-4)18-10(3)17-13/h5-7H,1-4H3,(H,16,17,18). The van der Waals surface area contributed by atoms with E-state index in [2.05, 4.69) is 15.3 Å². The van der Waals surface area contributed by atoms with Gasteiger partial charge in [0, 0.05) is 18.2 Å². The van der Waals surface area contributed by atoms with Crippen LogP contribution in [0.5, 0.6) is 0 Å². The number of hydrogen-bond acceptors (Lipinski definition) is 3. The second kappa shape index (κ2) is 4.72. The molecule has 18 heavy (non-hydrogen) atoms. The van der Waals surface area contributed by atoms with Gasteiger partial charge in [-0.1, -0.05) is 12.1 Å². The fourth-order valence-corrected chi connectivity index (χ4v) is 2.00. The normalized spacial score (nSPS) is 10.5. The topological polar surface area (TPSA) is 37.8 Å². The van der Waals surface area contributed by atoms with Gasteiger partial charge >= 0.3 is 0 Å². The number of hydrogen-bond donors (Lipinski definition) is 1. The van der Waals surface area contributed by atoms with Crippen molar-refractivity contribution in [1.29, 1.82) is 0 Å². The van der Waals surface area contributed by atoms with E-state index in [-0.39, 0.29) is 5.82 Å². The molecule has 2 aromatic rings. The van der Waals surface area contributed by atoms with Crippen LogP contribution in [-0.2, 0) is 0 Å². The Bertz CT molecular complexity index is 594. The summed E-state index contributed by atoms with van der Waals surface area (Å²) < 4.78 is 13.6. The Morgan fingerprint density at radius 2 is 1.78 bits per heavy atom. The summed E-state index contributed by atoms with van der Waals surface area (Å²) in [5.41, 5.74) is 3.14. The zero-order valence-electron chi connectivity index (χ0n) is 11.0. The molecule has 1 aromatic heterocycles. The molecule has 2 rings (SSSR count). The molecule has 94 valence electrons. The Labute approximate surface area is 106 Å². The molecule has 3 nitrogen and oxygen atoms in total. The number of aromatic nitrogens is 2. The van der Waals surface area contributed by atoms with Crippen LogP contribution in [0.3, 0.4) is 0 Å². The van der Waals surface area contributed by atoms with E-state index < -0.39 is 0 Å². The van der Waals surface area contributed by atoms with Gasteiger partial charge in [-0.3, -0.25) is 0 Å². The summed E-state index contributed by atoms with van der Waals surface area (Å²) in [4.78, 5) is 8.75. The number of halogens is 1. The molecule has 4 heteroatoms. The lowest BCUT2D eigenvalue weighted by atomic mass is 10.0. The molecule has 0 aliphatic rings. The van der Waals surface area contributed by atoms with Crippen LogP contribution in [0.4, 0.5) is 10.2 Å². The predicted octanol–water partition coefficient (Wildman–Crippen LogP) is 3.25. The van der Waals surface area contributed by atoms with Crippen molar-refractivity contribution in [3.8, 4) is 11.3 Å². The van der Waals surface area contributed by atoms with E-state index >= 15 is 0 Å². The zero-order chi connectivity index (χ0) is 13.3. The molecular weight excluding hydrogens is 229 g/mol. The summed E-state index contributed by atoms with van der Waals surface area (Å²) in [7, 11) is 1.82. The monoisotopic (exact) mass is 245 g/mol. The largest absolute Gasteiger partial charge is 0.373 e. The highest BCUT2D eigenvalue weighted by molar-refractivity contribution is 5.70. The number of nitrogens with zero attached hydrogens (tertiary/aromatic N) is 2. The van der Waals surface area contributed by atoms with Crippen LogP contribution in [-0.4, -0.2) is 17.0 Å². The quantitative estimate of drug-likeness (QED) is 0.882. The maximum atomic E-state index is 13.6. The van der Waals surface area contributed by atoms with Crippen LogP contribution in [0.15, 0.2) is 18.2 Å². The first-order valence-corrected chi connectivity index (χ1v) is 5.83. The number of benzene rings is 1. The molecule has 0 unspecified atom stereocenters. The van der Waals surface area contributed by atoms with Crippen molar-refractivity contribution in [1.82, 2.24) is 9.97 Å². The molecule has 0 fully saturated rings. The molecule has 0 aliphatic carbocycles. The number of anilines is 1. The Morgan fingerprint density at radius 3 is 2.44 bits per heavy atom. The number of nitrogens with one attached hydrogen (secondary N) is 1. The lowest BCUT2D eigenvalue weighted by molar-refractivity contribution is 0.619. The van der Waals surface area contributed by atoms with Crippen LogP contribution in [0.1, 0.15) is 17.0 Å². The zero-order valence-corrected chi connectivity index (χ0v) is 11.0. The van der Waals surface area contributed by atoms with Gasteiger partial charge in [-0.25, -0.2) is 14.4 Å². The summed E-state index contributed by atoms with van der Waals surface area (Å²) in [6.45, 7) is 5.53. The minimum atomic E-state index is -0.214. The van der Waals surface area contributed by atoms with E-state index in [0.717, 1.165) is 22.6 Å². The van der Waals surface area contributed by atoms with Gasteiger partial charge in [-0.2, -0.15) is 0 Å². The maximum absolute atomic E-state index is 13.6. The molecule has 0 radical (unpaired) electrons. The number of aryl methyl sites for hydroxylation is 1. The molecule has 0 atom stereocenters. The summed E-state index contributed by atoms with van der Waals surface area (Å²) in [5.74, 6) is 1.24. The minimum Gasteiger partial charge on any atom is -0.373 e. The molecule has 1 heterocycles. The van der Waals surface area contributed by atoms with Crippen molar-refractivity contribution in [2.24, 2.45) is 0 Å². The second-order valence-electron chi connectivity index (χ2n) is 4.26. The molecular formula is C14H16FN3. The maximum Gasteiger partial charge on any atom is 0.132 e. The van der Waals surface area contributed by atoms with Crippen molar-refractivity contribution < 1.29 is 4.39 Å². The van der Waals surface area contributed by atoms with E-state index in [4.69, 9.17) is 0 Å². The van der Waals surface area contributed by atoms with Gasteiger partial charge < -0.3 is 5.32 Å². The summed E-state index contributed by atoms with van der Waals surface area (Å²) in [5, 5.41) is 3.04. The number of rotatable bonds is 2. The third-order valence-electron chi connectivity index (χ3n) is 3.02.